The fourth-order valence-corrected chi connectivity index (χ4v) is 2.04. The number of nitrogen functional groups attached to an aromatic ring is 1. The molecule has 5 heteroatoms. The third-order valence-electron chi connectivity index (χ3n) is 3.15. The highest BCUT2D eigenvalue weighted by Crippen LogP contribution is 2.21. The van der Waals surface area contributed by atoms with Crippen molar-refractivity contribution in [1.82, 2.24) is 0 Å². The van der Waals surface area contributed by atoms with E-state index in [1.54, 1.807) is 25.3 Å². The van der Waals surface area contributed by atoms with Crippen molar-refractivity contribution in [1.29, 1.82) is 0 Å². The highest BCUT2D eigenvalue weighted by molar-refractivity contribution is 5.95. The lowest BCUT2D eigenvalue weighted by Gasteiger charge is -2.22. The third kappa shape index (κ3) is 3.61. The Hall–Kier alpha value is -1.75. The Balaban J connectivity index is 1.92. The van der Waals surface area contributed by atoms with Crippen LogP contribution in [0.4, 0.5) is 5.69 Å². The molecule has 0 radical (unpaired) electrons. The van der Waals surface area contributed by atoms with Crippen LogP contribution >= 0.6 is 0 Å². The largest absolute Gasteiger partial charge is 0.497 e. The lowest BCUT2D eigenvalue weighted by molar-refractivity contribution is -0.0300. The molecule has 1 saturated heterocycles. The molecule has 1 fully saturated rings. The highest BCUT2D eigenvalue weighted by atomic mass is 16.6. The maximum absolute atomic E-state index is 11.9. The summed E-state index contributed by atoms with van der Waals surface area (Å²) in [5, 5.41) is 0. The minimum Gasteiger partial charge on any atom is -0.497 e. The van der Waals surface area contributed by atoms with Crippen LogP contribution in [0.1, 0.15) is 29.6 Å². The van der Waals surface area contributed by atoms with Crippen LogP contribution in [0.15, 0.2) is 18.2 Å². The van der Waals surface area contributed by atoms with E-state index in [1.807, 2.05) is 0 Å². The van der Waals surface area contributed by atoms with E-state index in [4.69, 9.17) is 19.9 Å². The Morgan fingerprint density at radius 3 is 2.95 bits per heavy atom. The van der Waals surface area contributed by atoms with Gasteiger partial charge in [-0.15, -0.1) is 0 Å². The van der Waals surface area contributed by atoms with Crippen LogP contribution in [-0.4, -0.2) is 32.4 Å². The normalized spacial score (nSPS) is 18.9. The second-order valence-corrected chi connectivity index (χ2v) is 4.54. The van der Waals surface area contributed by atoms with Crippen LogP contribution in [0, 0.1) is 0 Å². The SMILES string of the molecule is COc1ccc(C(=O)OCC2CCCCO2)c(N)c1. The Morgan fingerprint density at radius 1 is 1.47 bits per heavy atom. The Labute approximate surface area is 112 Å². The van der Waals surface area contributed by atoms with Crippen LogP contribution in [0.3, 0.4) is 0 Å². The lowest BCUT2D eigenvalue weighted by atomic mass is 10.1. The minimum atomic E-state index is -0.422. The van der Waals surface area contributed by atoms with Crippen molar-refractivity contribution in [3.63, 3.8) is 0 Å². The van der Waals surface area contributed by atoms with Gasteiger partial charge in [0, 0.05) is 18.4 Å². The van der Waals surface area contributed by atoms with Crippen LogP contribution in [0.5, 0.6) is 5.75 Å². The number of rotatable bonds is 4. The lowest BCUT2D eigenvalue weighted by Crippen LogP contribution is -2.26. The number of carbonyl (C=O) groups is 1. The Bertz CT molecular complexity index is 441. The summed E-state index contributed by atoms with van der Waals surface area (Å²) in [6.45, 7) is 1.02. The minimum absolute atomic E-state index is 0.0113. The number of esters is 1. The maximum atomic E-state index is 11.9. The number of nitrogens with two attached hydrogens (primary N) is 1. The van der Waals surface area contributed by atoms with Gasteiger partial charge in [-0.1, -0.05) is 0 Å². The first-order chi connectivity index (χ1) is 9.20. The molecule has 1 heterocycles. The van der Waals surface area contributed by atoms with E-state index in [-0.39, 0.29) is 12.7 Å². The number of methoxy groups -OCH3 is 1. The van der Waals surface area contributed by atoms with E-state index in [1.165, 1.54) is 0 Å². The van der Waals surface area contributed by atoms with Crippen molar-refractivity contribution < 1.29 is 19.0 Å². The quantitative estimate of drug-likeness (QED) is 0.666. The van der Waals surface area contributed by atoms with E-state index in [9.17, 15) is 4.79 Å². The molecule has 0 aliphatic carbocycles. The zero-order valence-corrected chi connectivity index (χ0v) is 11.1. The molecule has 5 nitrogen and oxygen atoms in total. The Kier molecular flexibility index (Phi) is 4.63. The first kappa shape index (κ1) is 13.7. The predicted molar refractivity (Wildman–Crippen MR) is 71.3 cm³/mol. The molecular formula is C14H19NO4. The van der Waals surface area contributed by atoms with Gasteiger partial charge >= 0.3 is 5.97 Å². The predicted octanol–water partition coefficient (Wildman–Crippen LogP) is 2.00. The van der Waals surface area contributed by atoms with E-state index >= 15 is 0 Å². The van der Waals surface area contributed by atoms with Crippen molar-refractivity contribution >= 4 is 11.7 Å². The second-order valence-electron chi connectivity index (χ2n) is 4.54. The molecule has 1 aromatic rings. The average Bonchev–Trinajstić information content (AvgIpc) is 2.45. The number of hydrogen-bond acceptors (Lipinski definition) is 5. The smallest absolute Gasteiger partial charge is 0.340 e. The van der Waals surface area contributed by atoms with E-state index in [2.05, 4.69) is 0 Å². The fourth-order valence-electron chi connectivity index (χ4n) is 2.04. The molecule has 104 valence electrons. The molecule has 1 unspecified atom stereocenters. The van der Waals surface area contributed by atoms with Crippen molar-refractivity contribution in [3.8, 4) is 5.75 Å². The Morgan fingerprint density at radius 2 is 2.32 bits per heavy atom. The molecule has 2 N–H and O–H groups in total. The molecular weight excluding hydrogens is 246 g/mol. The molecule has 0 bridgehead atoms. The standard InChI is InChI=1S/C14H19NO4/c1-17-10-5-6-12(13(15)8-10)14(16)19-9-11-4-2-3-7-18-11/h5-6,8,11H,2-4,7,9,15H2,1H3. The third-order valence-corrected chi connectivity index (χ3v) is 3.15. The maximum Gasteiger partial charge on any atom is 0.340 e. The summed E-state index contributed by atoms with van der Waals surface area (Å²) < 4.78 is 15.8. The van der Waals surface area contributed by atoms with Crippen molar-refractivity contribution in [3.05, 3.63) is 23.8 Å². The fraction of sp³-hybridized carbons (Fsp3) is 0.500. The molecule has 0 aromatic heterocycles. The zero-order valence-electron chi connectivity index (χ0n) is 11.1. The molecule has 2 rings (SSSR count). The second kappa shape index (κ2) is 6.43. The van der Waals surface area contributed by atoms with E-state index in [0.717, 1.165) is 25.9 Å². The van der Waals surface area contributed by atoms with Gasteiger partial charge in [-0.3, -0.25) is 0 Å². The number of benzene rings is 1. The first-order valence-electron chi connectivity index (χ1n) is 6.43. The zero-order chi connectivity index (χ0) is 13.7. The van der Waals surface area contributed by atoms with Crippen molar-refractivity contribution in [2.75, 3.05) is 26.1 Å². The molecule has 1 aliphatic heterocycles. The molecule has 19 heavy (non-hydrogen) atoms. The van der Waals surface area contributed by atoms with Gasteiger partial charge in [-0.25, -0.2) is 4.79 Å². The highest BCUT2D eigenvalue weighted by Gasteiger charge is 2.18. The molecule has 0 saturated carbocycles. The van der Waals surface area contributed by atoms with Crippen molar-refractivity contribution in [2.45, 2.75) is 25.4 Å². The van der Waals surface area contributed by atoms with E-state index in [0.29, 0.717) is 17.0 Å². The van der Waals surface area contributed by atoms with Gasteiger partial charge in [0.15, 0.2) is 0 Å². The van der Waals surface area contributed by atoms with Crippen LogP contribution in [-0.2, 0) is 9.47 Å². The van der Waals surface area contributed by atoms with Crippen LogP contribution < -0.4 is 10.5 Å². The van der Waals surface area contributed by atoms with Crippen LogP contribution in [0.2, 0.25) is 0 Å². The van der Waals surface area contributed by atoms with Gasteiger partial charge in [-0.2, -0.15) is 0 Å². The molecule has 1 atom stereocenters. The van der Waals surface area contributed by atoms with Gasteiger partial charge in [0.05, 0.1) is 18.8 Å². The summed E-state index contributed by atoms with van der Waals surface area (Å²) in [7, 11) is 1.55. The van der Waals surface area contributed by atoms with Gasteiger partial charge in [0.25, 0.3) is 0 Å². The van der Waals surface area contributed by atoms with Crippen molar-refractivity contribution in [2.24, 2.45) is 0 Å². The summed E-state index contributed by atoms with van der Waals surface area (Å²) >= 11 is 0. The summed E-state index contributed by atoms with van der Waals surface area (Å²) in [5.41, 5.74) is 6.51. The van der Waals surface area contributed by atoms with E-state index < -0.39 is 5.97 Å². The first-order valence-corrected chi connectivity index (χ1v) is 6.43. The van der Waals surface area contributed by atoms with Crippen LogP contribution in [0.25, 0.3) is 0 Å². The average molecular weight is 265 g/mol. The summed E-state index contributed by atoms with van der Waals surface area (Å²) in [4.78, 5) is 11.9. The van der Waals surface area contributed by atoms with Gasteiger partial charge in [0.2, 0.25) is 0 Å². The monoisotopic (exact) mass is 265 g/mol. The molecule has 1 aromatic carbocycles. The molecule has 0 spiro atoms. The summed E-state index contributed by atoms with van der Waals surface area (Å²) in [6, 6.07) is 4.90. The number of carbonyl (C=O) groups excluding carboxylic acids is 1. The van der Waals surface area contributed by atoms with Gasteiger partial charge in [0.1, 0.15) is 12.4 Å². The summed E-state index contributed by atoms with van der Waals surface area (Å²) in [6.07, 6.45) is 3.14. The number of hydrogen-bond donors (Lipinski definition) is 1. The molecule has 1 aliphatic rings. The topological polar surface area (TPSA) is 70.8 Å². The number of ether oxygens (including phenoxy) is 3. The summed E-state index contributed by atoms with van der Waals surface area (Å²) in [5.74, 6) is 0.194. The number of anilines is 1. The van der Waals surface area contributed by atoms with Gasteiger partial charge < -0.3 is 19.9 Å². The molecule has 0 amide bonds. The van der Waals surface area contributed by atoms with Gasteiger partial charge in [-0.05, 0) is 31.4 Å².